The molecule has 0 N–H and O–H groups in total. The molecule has 0 saturated heterocycles. The predicted molar refractivity (Wildman–Crippen MR) is 54.7 cm³/mol. The van der Waals surface area contributed by atoms with Crippen LogP contribution < -0.4 is 0 Å². The van der Waals surface area contributed by atoms with Gasteiger partial charge in [0.25, 0.3) is 0 Å². The topological polar surface area (TPSA) is 12.5 Å². The van der Waals surface area contributed by atoms with E-state index in [1.54, 1.807) is 0 Å². The van der Waals surface area contributed by atoms with Gasteiger partial charge in [-0.2, -0.15) is 1.33 Å². The monoisotopic (exact) mass is 439 g/mol. The molecular formula is C2H4I3NO. The minimum absolute atomic E-state index is 0.798. The second kappa shape index (κ2) is 6.23. The summed E-state index contributed by atoms with van der Waals surface area (Å²) in [6, 6.07) is 0. The summed E-state index contributed by atoms with van der Waals surface area (Å²) in [5.74, 6) is 0. The van der Waals surface area contributed by atoms with Crippen LogP contribution in [-0.4, -0.2) is 14.5 Å². The maximum absolute atomic E-state index is 4.77. The second-order valence-electron chi connectivity index (χ2n) is 0.840. The Bertz CT molecular complexity index is 41.9. The molecule has 0 fully saturated rings. The van der Waals surface area contributed by atoms with E-state index < -0.39 is 0 Å². The lowest BCUT2D eigenvalue weighted by Crippen LogP contribution is -2.02. The lowest BCUT2D eigenvalue weighted by molar-refractivity contribution is 0.419. The van der Waals surface area contributed by atoms with Gasteiger partial charge in [-0.15, -0.1) is 0 Å². The summed E-state index contributed by atoms with van der Waals surface area (Å²) in [5, 5.41) is 0. The summed E-state index contributed by atoms with van der Waals surface area (Å²) in [4.78, 5) is 0. The lowest BCUT2D eigenvalue weighted by Gasteiger charge is -1.99. The molecule has 0 bridgehead atoms. The van der Waals surface area contributed by atoms with Gasteiger partial charge in [-0.05, 0) is 0 Å². The highest BCUT2D eigenvalue weighted by atomic mass is 127. The molecule has 0 heterocycles. The molecule has 0 atom stereocenters. The average Bonchev–Trinajstić information content (AvgIpc) is 1.61. The largest absolute Gasteiger partial charge is 0.314 e. The normalized spacial score (nSPS) is 10.3. The predicted octanol–water partition coefficient (Wildman–Crippen LogP) is 2.36. The van der Waals surface area contributed by atoms with E-state index in [2.05, 4.69) is 45.7 Å². The summed E-state index contributed by atoms with van der Waals surface area (Å²) >= 11 is 6.29. The first-order chi connectivity index (χ1) is 3.27. The van der Waals surface area contributed by atoms with Crippen molar-refractivity contribution in [2.45, 2.75) is 0 Å². The van der Waals surface area contributed by atoms with E-state index >= 15 is 0 Å². The average molecular weight is 439 g/mol. The Morgan fingerprint density at radius 2 is 2.00 bits per heavy atom. The van der Waals surface area contributed by atoms with Gasteiger partial charge in [-0.3, -0.25) is 0 Å². The van der Waals surface area contributed by atoms with Gasteiger partial charge in [-0.25, -0.2) is 0 Å². The van der Waals surface area contributed by atoms with Crippen molar-refractivity contribution in [1.29, 1.82) is 0 Å². The fourth-order valence-corrected chi connectivity index (χ4v) is 0.694. The van der Waals surface area contributed by atoms with Crippen molar-refractivity contribution in [3.8, 4) is 0 Å². The van der Waals surface area contributed by atoms with Gasteiger partial charge in [0.2, 0.25) is 0 Å². The third kappa shape index (κ3) is 8.11. The Balaban J connectivity index is 2.68. The van der Waals surface area contributed by atoms with Crippen LogP contribution in [0.1, 0.15) is 0 Å². The van der Waals surface area contributed by atoms with Crippen LogP contribution in [0.2, 0.25) is 0 Å². The van der Waals surface area contributed by atoms with Gasteiger partial charge in [0, 0.05) is 52.3 Å². The third-order valence-corrected chi connectivity index (χ3v) is 1.74. The zero-order chi connectivity index (χ0) is 5.70. The molecule has 0 unspecified atom stereocenters. The molecule has 0 amide bonds. The SMILES string of the molecule is IOCCN(I)I. The number of rotatable bonds is 3. The Morgan fingerprint density at radius 3 is 2.14 bits per heavy atom. The molecule has 0 aromatic heterocycles. The van der Waals surface area contributed by atoms with Gasteiger partial charge in [0.1, 0.15) is 23.0 Å². The summed E-state index contributed by atoms with van der Waals surface area (Å²) < 4.78 is 6.79. The number of hydrogen-bond donors (Lipinski definition) is 0. The van der Waals surface area contributed by atoms with E-state index in [0.29, 0.717) is 0 Å². The van der Waals surface area contributed by atoms with Crippen LogP contribution in [0.4, 0.5) is 0 Å². The molecule has 7 heavy (non-hydrogen) atoms. The molecule has 0 aromatic rings. The minimum Gasteiger partial charge on any atom is -0.314 e. The van der Waals surface area contributed by atoms with E-state index in [1.807, 2.05) is 24.3 Å². The van der Waals surface area contributed by atoms with Crippen LogP contribution in [0.15, 0.2) is 0 Å². The molecule has 2 nitrogen and oxygen atoms in total. The second-order valence-corrected chi connectivity index (χ2v) is 5.64. The van der Waals surface area contributed by atoms with E-state index in [9.17, 15) is 0 Å². The molecule has 44 valence electrons. The van der Waals surface area contributed by atoms with E-state index in [1.165, 1.54) is 0 Å². The maximum atomic E-state index is 4.77. The fourth-order valence-electron chi connectivity index (χ4n) is 0.104. The van der Waals surface area contributed by atoms with Crippen LogP contribution in [-0.2, 0) is 3.07 Å². The van der Waals surface area contributed by atoms with Crippen molar-refractivity contribution in [2.24, 2.45) is 0 Å². The summed E-state index contributed by atoms with van der Waals surface area (Å²) in [5.41, 5.74) is 0. The van der Waals surface area contributed by atoms with Crippen LogP contribution in [0.25, 0.3) is 0 Å². The molecule has 0 saturated carbocycles. The number of nitrogens with zero attached hydrogens (tertiary/aromatic N) is 1. The van der Waals surface area contributed by atoms with Gasteiger partial charge in [-0.1, -0.05) is 0 Å². The highest BCUT2D eigenvalue weighted by molar-refractivity contribution is 14.2. The van der Waals surface area contributed by atoms with E-state index in [0.717, 1.165) is 13.2 Å². The van der Waals surface area contributed by atoms with Crippen molar-refractivity contribution in [3.05, 3.63) is 0 Å². The van der Waals surface area contributed by atoms with E-state index in [-0.39, 0.29) is 0 Å². The summed E-state index contributed by atoms with van der Waals surface area (Å²) in [7, 11) is 0. The quantitative estimate of drug-likeness (QED) is 0.495. The van der Waals surface area contributed by atoms with Crippen molar-refractivity contribution in [3.63, 3.8) is 0 Å². The molecule has 0 aliphatic heterocycles. The van der Waals surface area contributed by atoms with Crippen molar-refractivity contribution in [1.82, 2.24) is 1.33 Å². The maximum Gasteiger partial charge on any atom is 0.109 e. The van der Waals surface area contributed by atoms with Crippen LogP contribution in [0.3, 0.4) is 0 Å². The summed E-state index contributed by atoms with van der Waals surface area (Å²) in [6.45, 7) is 1.77. The van der Waals surface area contributed by atoms with Crippen molar-refractivity contribution < 1.29 is 3.07 Å². The smallest absolute Gasteiger partial charge is 0.109 e. The summed E-state index contributed by atoms with van der Waals surface area (Å²) in [6.07, 6.45) is 0. The molecular weight excluding hydrogens is 435 g/mol. The van der Waals surface area contributed by atoms with Gasteiger partial charge < -0.3 is 3.07 Å². The zero-order valence-electron chi connectivity index (χ0n) is 3.40. The first-order valence-electron chi connectivity index (χ1n) is 1.60. The zero-order valence-corrected chi connectivity index (χ0v) is 9.88. The fraction of sp³-hybridized carbons (Fsp3) is 1.00. The highest BCUT2D eigenvalue weighted by Gasteiger charge is 1.89. The molecule has 5 heteroatoms. The van der Waals surface area contributed by atoms with Gasteiger partial charge in [0.05, 0.1) is 6.61 Å². The molecule has 0 aliphatic carbocycles. The molecule has 0 aromatic carbocycles. The van der Waals surface area contributed by atoms with Crippen LogP contribution in [0, 0.1) is 0 Å². The highest BCUT2D eigenvalue weighted by Crippen LogP contribution is 2.05. The van der Waals surface area contributed by atoms with Gasteiger partial charge in [0.15, 0.2) is 0 Å². The first-order valence-corrected chi connectivity index (χ1v) is 4.41. The number of halogens is 3. The van der Waals surface area contributed by atoms with Crippen LogP contribution in [0.5, 0.6) is 0 Å². The standard InChI is InChI=1S/C2H4I3NO/c3-6(4)1-2-7-5/h1-2H2. The van der Waals surface area contributed by atoms with E-state index in [4.69, 9.17) is 3.07 Å². The number of hydrogen-bond acceptors (Lipinski definition) is 2. The minimum atomic E-state index is 0.798. The van der Waals surface area contributed by atoms with Gasteiger partial charge >= 0.3 is 0 Å². The van der Waals surface area contributed by atoms with Crippen LogP contribution >= 0.6 is 68.7 Å². The lowest BCUT2D eigenvalue weighted by atomic mass is 10.8. The Kier molecular flexibility index (Phi) is 8.11. The van der Waals surface area contributed by atoms with Crippen molar-refractivity contribution >= 4 is 68.7 Å². The Morgan fingerprint density at radius 1 is 1.43 bits per heavy atom. The molecule has 0 radical (unpaired) electrons. The molecule has 0 spiro atoms. The molecule has 0 aliphatic rings. The third-order valence-electron chi connectivity index (χ3n) is 0.337. The van der Waals surface area contributed by atoms with Crippen molar-refractivity contribution in [2.75, 3.05) is 13.2 Å². The Labute approximate surface area is 85.0 Å². The Hall–Kier alpha value is 2.11. The first kappa shape index (κ1) is 9.11. The molecule has 0 rings (SSSR count).